The van der Waals surface area contributed by atoms with Gasteiger partial charge in [0, 0.05) is 31.1 Å². The van der Waals surface area contributed by atoms with Gasteiger partial charge in [-0.2, -0.15) is 0 Å². The Morgan fingerprint density at radius 3 is 2.45 bits per heavy atom. The Morgan fingerprint density at radius 2 is 1.79 bits per heavy atom. The van der Waals surface area contributed by atoms with Gasteiger partial charge >= 0.3 is 0 Å². The van der Waals surface area contributed by atoms with E-state index in [4.69, 9.17) is 0 Å². The molecule has 0 spiro atoms. The second-order valence-electron chi connectivity index (χ2n) is 8.00. The van der Waals surface area contributed by atoms with E-state index in [1.54, 1.807) is 11.3 Å². The molecule has 1 aliphatic rings. The lowest BCUT2D eigenvalue weighted by atomic mass is 9.94. The van der Waals surface area contributed by atoms with Gasteiger partial charge in [-0.05, 0) is 44.9 Å². The van der Waals surface area contributed by atoms with Crippen molar-refractivity contribution < 1.29 is 0 Å². The third-order valence-corrected chi connectivity index (χ3v) is 6.89. The highest BCUT2D eigenvalue weighted by Gasteiger charge is 2.18. The van der Waals surface area contributed by atoms with E-state index in [2.05, 4.69) is 70.7 Å². The Bertz CT molecular complexity index is 807. The average molecular weight is 414 g/mol. The van der Waals surface area contributed by atoms with Crippen molar-refractivity contribution in [2.75, 3.05) is 14.1 Å². The maximum Gasteiger partial charge on any atom is 0.191 e. The highest BCUT2D eigenvalue weighted by molar-refractivity contribution is 7.11. The molecule has 6 heteroatoms. The number of guanidine groups is 1. The van der Waals surface area contributed by atoms with Crippen molar-refractivity contribution in [3.8, 4) is 0 Å². The van der Waals surface area contributed by atoms with Gasteiger partial charge in [0.05, 0.1) is 17.2 Å². The lowest BCUT2D eigenvalue weighted by molar-refractivity contribution is 0.184. The van der Waals surface area contributed by atoms with E-state index in [-0.39, 0.29) is 0 Å². The fourth-order valence-corrected chi connectivity index (χ4v) is 4.98. The van der Waals surface area contributed by atoms with Crippen LogP contribution in [0.15, 0.2) is 29.3 Å². The van der Waals surface area contributed by atoms with Crippen molar-refractivity contribution in [2.24, 2.45) is 4.99 Å². The zero-order valence-corrected chi connectivity index (χ0v) is 19.1. The van der Waals surface area contributed by atoms with Crippen LogP contribution in [-0.4, -0.2) is 36.0 Å². The van der Waals surface area contributed by atoms with E-state index in [1.165, 1.54) is 48.1 Å². The lowest BCUT2D eigenvalue weighted by Crippen LogP contribution is -2.37. The summed E-state index contributed by atoms with van der Waals surface area (Å²) in [6, 6.07) is 9.48. The molecule has 0 saturated heterocycles. The number of aryl methyl sites for hydroxylation is 2. The number of hydrogen-bond donors (Lipinski definition) is 2. The molecular weight excluding hydrogens is 378 g/mol. The summed E-state index contributed by atoms with van der Waals surface area (Å²) in [5.41, 5.74) is 3.84. The predicted octanol–water partition coefficient (Wildman–Crippen LogP) is 4.39. The Labute approximate surface area is 179 Å². The van der Waals surface area contributed by atoms with Gasteiger partial charge in [0.15, 0.2) is 5.96 Å². The summed E-state index contributed by atoms with van der Waals surface area (Å²) in [6.45, 7) is 6.65. The van der Waals surface area contributed by atoms with E-state index in [1.807, 2.05) is 7.05 Å². The van der Waals surface area contributed by atoms with E-state index in [0.717, 1.165) is 42.3 Å². The Kier molecular flexibility index (Phi) is 8.07. The fraction of sp³-hybridized carbons (Fsp3) is 0.565. The van der Waals surface area contributed by atoms with E-state index < -0.39 is 0 Å². The summed E-state index contributed by atoms with van der Waals surface area (Å²) in [5, 5.41) is 8.01. The third-order valence-electron chi connectivity index (χ3n) is 5.82. The number of benzene rings is 1. The summed E-state index contributed by atoms with van der Waals surface area (Å²) in [5.74, 6) is 0.825. The fourth-order valence-electron chi connectivity index (χ4n) is 4.10. The molecular formula is C23H35N5S. The molecule has 1 fully saturated rings. The molecule has 2 N–H and O–H groups in total. The van der Waals surface area contributed by atoms with Crippen LogP contribution in [0, 0.1) is 13.8 Å². The number of aliphatic imine (C=N–C) groups is 1. The van der Waals surface area contributed by atoms with Crippen molar-refractivity contribution >= 4 is 17.3 Å². The van der Waals surface area contributed by atoms with Gasteiger partial charge < -0.3 is 10.6 Å². The largest absolute Gasteiger partial charge is 0.352 e. The summed E-state index contributed by atoms with van der Waals surface area (Å²) in [6.07, 6.45) is 6.82. The summed E-state index contributed by atoms with van der Waals surface area (Å²) < 4.78 is 0. The SMILES string of the molecule is CN=C(NCc1ccccc1CN(C)C1CCCCC1)NCc1sc(C)nc1C. The van der Waals surface area contributed by atoms with Crippen molar-refractivity contribution in [2.45, 2.75) is 71.6 Å². The normalized spacial score (nSPS) is 15.7. The summed E-state index contributed by atoms with van der Waals surface area (Å²) >= 11 is 1.74. The molecule has 0 radical (unpaired) electrons. The Hall–Kier alpha value is -1.92. The molecule has 3 rings (SSSR count). The van der Waals surface area contributed by atoms with E-state index >= 15 is 0 Å². The molecule has 0 aliphatic heterocycles. The van der Waals surface area contributed by atoms with Crippen LogP contribution >= 0.6 is 11.3 Å². The van der Waals surface area contributed by atoms with Crippen LogP contribution in [0.5, 0.6) is 0 Å². The lowest BCUT2D eigenvalue weighted by Gasteiger charge is -2.31. The molecule has 0 amide bonds. The number of nitrogens with one attached hydrogen (secondary N) is 2. The minimum atomic E-state index is 0.727. The molecule has 1 heterocycles. The van der Waals surface area contributed by atoms with Crippen LogP contribution in [0.2, 0.25) is 0 Å². The number of nitrogens with zero attached hydrogens (tertiary/aromatic N) is 3. The molecule has 0 bridgehead atoms. The van der Waals surface area contributed by atoms with Gasteiger partial charge in [-0.3, -0.25) is 9.89 Å². The number of thiazole rings is 1. The molecule has 0 unspecified atom stereocenters. The van der Waals surface area contributed by atoms with Crippen molar-refractivity contribution in [1.29, 1.82) is 0 Å². The predicted molar refractivity (Wildman–Crippen MR) is 123 cm³/mol. The summed E-state index contributed by atoms with van der Waals surface area (Å²) in [4.78, 5) is 12.7. The van der Waals surface area contributed by atoms with Crippen molar-refractivity contribution in [1.82, 2.24) is 20.5 Å². The maximum absolute atomic E-state index is 4.50. The van der Waals surface area contributed by atoms with Gasteiger partial charge in [-0.1, -0.05) is 43.5 Å². The number of aromatic nitrogens is 1. The van der Waals surface area contributed by atoms with E-state index in [0.29, 0.717) is 0 Å². The smallest absolute Gasteiger partial charge is 0.191 e. The monoisotopic (exact) mass is 413 g/mol. The van der Waals surface area contributed by atoms with Gasteiger partial charge in [0.25, 0.3) is 0 Å². The Balaban J connectivity index is 1.55. The minimum absolute atomic E-state index is 0.727. The first-order valence-corrected chi connectivity index (χ1v) is 11.5. The maximum atomic E-state index is 4.50. The second-order valence-corrected chi connectivity index (χ2v) is 9.28. The first-order valence-electron chi connectivity index (χ1n) is 10.7. The molecule has 0 atom stereocenters. The standard InChI is InChI=1S/C23H35N5S/c1-17-22(29-18(2)27-17)15-26-23(24-3)25-14-19-10-8-9-11-20(19)16-28(4)21-12-6-5-7-13-21/h8-11,21H,5-7,12-16H2,1-4H3,(H2,24,25,26). The van der Waals surface area contributed by atoms with Crippen LogP contribution < -0.4 is 10.6 Å². The topological polar surface area (TPSA) is 52.6 Å². The van der Waals surface area contributed by atoms with Gasteiger partial charge in [0.2, 0.25) is 0 Å². The molecule has 1 saturated carbocycles. The highest BCUT2D eigenvalue weighted by Crippen LogP contribution is 2.23. The second kappa shape index (κ2) is 10.7. The zero-order chi connectivity index (χ0) is 20.6. The third kappa shape index (κ3) is 6.28. The molecule has 158 valence electrons. The van der Waals surface area contributed by atoms with Crippen LogP contribution in [0.4, 0.5) is 0 Å². The Morgan fingerprint density at radius 1 is 1.10 bits per heavy atom. The molecule has 1 aromatic carbocycles. The molecule has 2 aromatic rings. The van der Waals surface area contributed by atoms with Crippen LogP contribution in [0.1, 0.15) is 58.8 Å². The van der Waals surface area contributed by atoms with Gasteiger partial charge in [-0.25, -0.2) is 4.98 Å². The van der Waals surface area contributed by atoms with Crippen LogP contribution in [0.3, 0.4) is 0 Å². The van der Waals surface area contributed by atoms with Crippen molar-refractivity contribution in [3.63, 3.8) is 0 Å². The van der Waals surface area contributed by atoms with Crippen LogP contribution in [0.25, 0.3) is 0 Å². The quantitative estimate of drug-likeness (QED) is 0.522. The van der Waals surface area contributed by atoms with Gasteiger partial charge in [-0.15, -0.1) is 11.3 Å². The minimum Gasteiger partial charge on any atom is -0.352 e. The zero-order valence-electron chi connectivity index (χ0n) is 18.3. The molecule has 29 heavy (non-hydrogen) atoms. The average Bonchev–Trinajstić information content (AvgIpc) is 3.06. The van der Waals surface area contributed by atoms with Gasteiger partial charge in [0.1, 0.15) is 0 Å². The number of hydrogen-bond acceptors (Lipinski definition) is 4. The van der Waals surface area contributed by atoms with E-state index in [9.17, 15) is 0 Å². The number of rotatable bonds is 7. The summed E-state index contributed by atoms with van der Waals surface area (Å²) in [7, 11) is 4.10. The molecule has 1 aromatic heterocycles. The first-order chi connectivity index (χ1) is 14.1. The highest BCUT2D eigenvalue weighted by atomic mass is 32.1. The first kappa shape index (κ1) is 21.8. The van der Waals surface area contributed by atoms with Crippen molar-refractivity contribution in [3.05, 3.63) is 51.0 Å². The molecule has 5 nitrogen and oxygen atoms in total. The van der Waals surface area contributed by atoms with Crippen LogP contribution in [-0.2, 0) is 19.6 Å². The molecule has 1 aliphatic carbocycles.